The first kappa shape index (κ1) is 26.1. The highest BCUT2D eigenvalue weighted by Gasteiger charge is 2.36. The van der Waals surface area contributed by atoms with Crippen LogP contribution in [0.5, 0.6) is 0 Å². The van der Waals surface area contributed by atoms with Crippen molar-refractivity contribution in [1.29, 1.82) is 0 Å². The van der Waals surface area contributed by atoms with Gasteiger partial charge in [-0.3, -0.25) is 0 Å². The molecule has 39 heavy (non-hydrogen) atoms. The molecule has 5 aliphatic rings. The molecule has 1 aliphatic carbocycles. The Hall–Kier alpha value is -0.580. The molecule has 8 heteroatoms. The smallest absolute Gasteiger partial charge is 0.0718 e. The van der Waals surface area contributed by atoms with E-state index < -0.39 is 0 Å². The van der Waals surface area contributed by atoms with Gasteiger partial charge >= 0.3 is 0 Å². The summed E-state index contributed by atoms with van der Waals surface area (Å²) in [5.74, 6) is 0.991. The number of hydrogen-bond acceptors (Lipinski definition) is 8. The third-order valence-corrected chi connectivity index (χ3v) is 18.9. The quantitative estimate of drug-likeness (QED) is 0.248. The van der Waals surface area contributed by atoms with E-state index in [1.54, 1.807) is 0 Å². The van der Waals surface area contributed by atoms with Crippen LogP contribution in [-0.2, 0) is 0 Å². The number of allylic oxidation sites excluding steroid dienone is 2. The molecule has 0 aromatic heterocycles. The summed E-state index contributed by atoms with van der Waals surface area (Å²) in [7, 11) is 0. The Morgan fingerprint density at radius 3 is 1.62 bits per heavy atom. The zero-order valence-electron chi connectivity index (χ0n) is 21.1. The van der Waals surface area contributed by atoms with Crippen molar-refractivity contribution in [1.82, 2.24) is 0 Å². The third kappa shape index (κ3) is 4.66. The molecule has 0 fully saturated rings. The van der Waals surface area contributed by atoms with E-state index in [9.17, 15) is 0 Å². The van der Waals surface area contributed by atoms with E-state index in [0.29, 0.717) is 11.8 Å². The van der Waals surface area contributed by atoms with Gasteiger partial charge in [-0.2, -0.15) is 0 Å². The fourth-order valence-corrected chi connectivity index (χ4v) is 17.2. The minimum absolute atomic E-state index is 0.414. The monoisotopic (exact) mass is 650 g/mol. The van der Waals surface area contributed by atoms with Gasteiger partial charge in [-0.1, -0.05) is 150 Å². The van der Waals surface area contributed by atoms with Crippen LogP contribution in [-0.4, -0.2) is 0 Å². The van der Waals surface area contributed by atoms with E-state index in [4.69, 9.17) is 0 Å². The maximum Gasteiger partial charge on any atom is 0.0718 e. The van der Waals surface area contributed by atoms with Crippen molar-refractivity contribution in [2.45, 2.75) is 45.8 Å². The molecule has 0 saturated heterocycles. The normalized spacial score (nSPS) is 21.6. The third-order valence-electron chi connectivity index (χ3n) is 7.24. The van der Waals surface area contributed by atoms with Gasteiger partial charge < -0.3 is 0 Å². The average Bonchev–Trinajstić information content (AvgIpc) is 3.55. The summed E-state index contributed by atoms with van der Waals surface area (Å²) in [6.07, 6.45) is 5.69. The SMILES string of the molecule is C=CC1CC(C(C)C)=Cc2cc3c(cc21)SC1=C(SC(=C2SC4=C(S2)Sc2cc5ccccc5cc2S4)S1)S3. The molecule has 3 aromatic rings. The largest absolute Gasteiger partial charge is 0.102 e. The van der Waals surface area contributed by atoms with Gasteiger partial charge in [0.25, 0.3) is 0 Å². The molecule has 0 radical (unpaired) electrons. The van der Waals surface area contributed by atoms with Gasteiger partial charge in [0.05, 0.1) is 25.4 Å². The molecule has 0 spiro atoms. The fraction of sp³-hybridized carbons (Fsp3) is 0.161. The van der Waals surface area contributed by atoms with Crippen LogP contribution in [0.25, 0.3) is 16.8 Å². The molecule has 3 aromatic carbocycles. The van der Waals surface area contributed by atoms with E-state index in [-0.39, 0.29) is 0 Å². The molecule has 194 valence electrons. The summed E-state index contributed by atoms with van der Waals surface area (Å²) in [4.78, 5) is 5.58. The Bertz CT molecular complexity index is 1680. The van der Waals surface area contributed by atoms with Crippen molar-refractivity contribution in [3.8, 4) is 0 Å². The zero-order valence-corrected chi connectivity index (χ0v) is 27.6. The van der Waals surface area contributed by atoms with Crippen molar-refractivity contribution in [2.24, 2.45) is 5.92 Å². The first-order valence-corrected chi connectivity index (χ1v) is 19.2. The van der Waals surface area contributed by atoms with Crippen LogP contribution in [0.3, 0.4) is 0 Å². The van der Waals surface area contributed by atoms with Crippen LogP contribution in [0.4, 0.5) is 0 Å². The molecule has 0 N–H and O–H groups in total. The van der Waals surface area contributed by atoms with Crippen LogP contribution in [0.1, 0.15) is 37.3 Å². The van der Waals surface area contributed by atoms with Gasteiger partial charge in [-0.05, 0) is 58.5 Å². The standard InChI is InChI=1S/C31H22S8/c1-4-16-9-19(15(2)3)10-20-13-24-25(14-21(16)20)35-29-28(34-24)38-31(39-29)30-36-26-27(37-30)33-23-12-18-8-6-5-7-17(18)11-22(23)32-26/h4-8,10-16H,1,9H2,2-3H3. The minimum Gasteiger partial charge on any atom is -0.102 e. The highest BCUT2D eigenvalue weighted by atomic mass is 32.3. The molecule has 8 rings (SSSR count). The predicted octanol–water partition coefficient (Wildman–Crippen LogP) is 13.0. The Morgan fingerprint density at radius 2 is 1.13 bits per heavy atom. The molecule has 1 unspecified atom stereocenters. The Balaban J connectivity index is 1.04. The van der Waals surface area contributed by atoms with E-state index in [0.717, 1.165) is 6.42 Å². The fourth-order valence-electron chi connectivity index (χ4n) is 5.15. The minimum atomic E-state index is 0.414. The molecule has 0 nitrogen and oxygen atoms in total. The second kappa shape index (κ2) is 10.3. The molecule has 4 aliphatic heterocycles. The van der Waals surface area contributed by atoms with Crippen LogP contribution in [0.2, 0.25) is 0 Å². The number of fused-ring (bicyclic) bond motifs is 4. The van der Waals surface area contributed by atoms with E-state index in [1.165, 1.54) is 72.5 Å². The Morgan fingerprint density at radius 1 is 0.667 bits per heavy atom. The lowest BCUT2D eigenvalue weighted by Crippen LogP contribution is -2.09. The summed E-state index contributed by atoms with van der Waals surface area (Å²) in [5.41, 5.74) is 4.37. The van der Waals surface area contributed by atoms with E-state index in [1.807, 2.05) is 94.1 Å². The van der Waals surface area contributed by atoms with Crippen molar-refractivity contribution < 1.29 is 0 Å². The molecular weight excluding hydrogens is 629 g/mol. The molecule has 0 bridgehead atoms. The summed E-state index contributed by atoms with van der Waals surface area (Å²) >= 11 is 15.7. The molecule has 1 atom stereocenters. The van der Waals surface area contributed by atoms with Crippen LogP contribution < -0.4 is 0 Å². The highest BCUT2D eigenvalue weighted by Crippen LogP contribution is 2.71. The lowest BCUT2D eigenvalue weighted by Gasteiger charge is -2.28. The Labute approximate surface area is 263 Å². The van der Waals surface area contributed by atoms with Gasteiger partial charge in [0, 0.05) is 25.5 Å². The van der Waals surface area contributed by atoms with Crippen LogP contribution >= 0.6 is 94.1 Å². The summed E-state index contributed by atoms with van der Waals surface area (Å²) in [6.45, 7) is 8.80. The number of thioether (sulfide) groups is 8. The molecule has 4 heterocycles. The van der Waals surface area contributed by atoms with Gasteiger partial charge in [-0.25, -0.2) is 0 Å². The first-order chi connectivity index (χ1) is 19.0. The second-order valence-corrected chi connectivity index (χ2v) is 19.9. The van der Waals surface area contributed by atoms with Crippen molar-refractivity contribution in [3.05, 3.63) is 103 Å². The lowest BCUT2D eigenvalue weighted by molar-refractivity contribution is 0.676. The van der Waals surface area contributed by atoms with Gasteiger partial charge in [-0.15, -0.1) is 6.58 Å². The van der Waals surface area contributed by atoms with Crippen molar-refractivity contribution >= 4 is 111 Å². The van der Waals surface area contributed by atoms with Gasteiger partial charge in [0.15, 0.2) is 0 Å². The van der Waals surface area contributed by atoms with Gasteiger partial charge in [0.2, 0.25) is 0 Å². The maximum absolute atomic E-state index is 4.18. The maximum atomic E-state index is 4.18. The molecule has 0 amide bonds. The van der Waals surface area contributed by atoms with Crippen molar-refractivity contribution in [2.75, 3.05) is 0 Å². The van der Waals surface area contributed by atoms with Crippen LogP contribution in [0, 0.1) is 5.92 Å². The Kier molecular flexibility index (Phi) is 6.89. The summed E-state index contributed by atoms with van der Waals surface area (Å²) < 4.78 is 8.68. The van der Waals surface area contributed by atoms with Crippen molar-refractivity contribution in [3.63, 3.8) is 0 Å². The highest BCUT2D eigenvalue weighted by molar-refractivity contribution is 8.45. The predicted molar refractivity (Wildman–Crippen MR) is 186 cm³/mol. The molecule has 0 saturated carbocycles. The number of benzene rings is 3. The first-order valence-electron chi connectivity index (χ1n) is 12.7. The molecular formula is C31H22S8. The number of hydrogen-bond donors (Lipinski definition) is 0. The van der Waals surface area contributed by atoms with Gasteiger partial charge in [0.1, 0.15) is 0 Å². The zero-order chi connectivity index (χ0) is 26.2. The summed E-state index contributed by atoms with van der Waals surface area (Å²) in [5, 5.41) is 2.65. The lowest BCUT2D eigenvalue weighted by atomic mass is 9.80. The van der Waals surface area contributed by atoms with Crippen LogP contribution in [0.15, 0.2) is 112 Å². The van der Waals surface area contributed by atoms with E-state index in [2.05, 4.69) is 81.1 Å². The average molecular weight is 651 g/mol. The topological polar surface area (TPSA) is 0 Å². The summed E-state index contributed by atoms with van der Waals surface area (Å²) in [6, 6.07) is 18.3. The second-order valence-electron chi connectivity index (χ2n) is 10.0. The van der Waals surface area contributed by atoms with E-state index >= 15 is 0 Å². The number of rotatable bonds is 2.